The highest BCUT2D eigenvalue weighted by molar-refractivity contribution is 5.93. The summed E-state index contributed by atoms with van der Waals surface area (Å²) in [6, 6.07) is 11.4. The van der Waals surface area contributed by atoms with E-state index in [0.717, 1.165) is 11.6 Å². The molecule has 9 heteroatoms. The Labute approximate surface area is 183 Å². The average Bonchev–Trinajstić information content (AvgIpc) is 3.46. The maximum atomic E-state index is 12.9. The predicted octanol–water partition coefficient (Wildman–Crippen LogP) is 5.12. The molecule has 0 N–H and O–H groups in total. The monoisotopic (exact) mass is 445 g/mol. The zero-order valence-electron chi connectivity index (χ0n) is 17.4. The summed E-state index contributed by atoms with van der Waals surface area (Å²) in [7, 11) is 0. The molecule has 1 fully saturated rings. The lowest BCUT2D eigenvalue weighted by molar-refractivity contribution is -0.141. The molecule has 0 amide bonds. The van der Waals surface area contributed by atoms with E-state index in [1.165, 1.54) is 18.7 Å². The lowest BCUT2D eigenvalue weighted by Crippen LogP contribution is -2.25. The average molecular weight is 445 g/mol. The molecule has 6 nitrogen and oxygen atoms in total. The number of carbonyl (C=O) groups is 1. The number of halogens is 3. The second-order valence-corrected chi connectivity index (χ2v) is 7.82. The highest BCUT2D eigenvalue weighted by atomic mass is 19.4. The van der Waals surface area contributed by atoms with Gasteiger partial charge in [0.1, 0.15) is 23.4 Å². The van der Waals surface area contributed by atoms with Gasteiger partial charge < -0.3 is 14.1 Å². The van der Waals surface area contributed by atoms with E-state index in [1.807, 2.05) is 31.2 Å². The Balaban J connectivity index is 1.33. The maximum absolute atomic E-state index is 12.9. The van der Waals surface area contributed by atoms with Gasteiger partial charge in [-0.15, -0.1) is 0 Å². The van der Waals surface area contributed by atoms with Gasteiger partial charge in [0, 0.05) is 19.4 Å². The Kier molecular flexibility index (Phi) is 6.16. The Morgan fingerprint density at radius 3 is 2.72 bits per heavy atom. The summed E-state index contributed by atoms with van der Waals surface area (Å²) < 4.78 is 49.8. The molecule has 168 valence electrons. The number of hydrogen-bond donors (Lipinski definition) is 0. The quantitative estimate of drug-likeness (QED) is 0.470. The van der Waals surface area contributed by atoms with Crippen LogP contribution in [0, 0.1) is 0 Å². The number of carbonyl (C=O) groups excluding carboxylic acids is 1. The third kappa shape index (κ3) is 5.09. The van der Waals surface area contributed by atoms with Crippen molar-refractivity contribution in [2.75, 3.05) is 18.0 Å². The van der Waals surface area contributed by atoms with Crippen LogP contribution < -0.4 is 9.64 Å². The van der Waals surface area contributed by atoms with Crippen molar-refractivity contribution in [2.24, 2.45) is 0 Å². The number of rotatable bonds is 7. The summed E-state index contributed by atoms with van der Waals surface area (Å²) in [5.41, 5.74) is 0.0947. The van der Waals surface area contributed by atoms with Gasteiger partial charge in [-0.25, -0.2) is 9.97 Å². The fraction of sp³-hybridized carbons (Fsp3) is 0.348. The number of pyridine rings is 1. The minimum absolute atomic E-state index is 0.00407. The van der Waals surface area contributed by atoms with Crippen molar-refractivity contribution in [1.82, 2.24) is 9.97 Å². The molecule has 32 heavy (non-hydrogen) atoms. The minimum Gasteiger partial charge on any atom is -0.489 e. The molecule has 1 saturated heterocycles. The van der Waals surface area contributed by atoms with Crippen LogP contribution in [0.25, 0.3) is 0 Å². The Morgan fingerprint density at radius 1 is 1.25 bits per heavy atom. The van der Waals surface area contributed by atoms with E-state index in [9.17, 15) is 18.0 Å². The Morgan fingerprint density at radius 2 is 2.03 bits per heavy atom. The zero-order valence-corrected chi connectivity index (χ0v) is 17.4. The summed E-state index contributed by atoms with van der Waals surface area (Å²) in [4.78, 5) is 21.5. The van der Waals surface area contributed by atoms with Crippen LogP contribution >= 0.6 is 0 Å². The van der Waals surface area contributed by atoms with Gasteiger partial charge in [0.25, 0.3) is 0 Å². The van der Waals surface area contributed by atoms with Gasteiger partial charge in [0.05, 0.1) is 12.7 Å². The van der Waals surface area contributed by atoms with Gasteiger partial charge >= 0.3 is 6.18 Å². The maximum Gasteiger partial charge on any atom is 0.433 e. The largest absolute Gasteiger partial charge is 0.489 e. The summed E-state index contributed by atoms with van der Waals surface area (Å²) in [5.74, 6) is 1.11. The zero-order chi connectivity index (χ0) is 22.7. The van der Waals surface area contributed by atoms with E-state index in [0.29, 0.717) is 37.5 Å². The molecule has 4 rings (SSSR count). The topological polar surface area (TPSA) is 68.5 Å². The summed E-state index contributed by atoms with van der Waals surface area (Å²) >= 11 is 0. The summed E-state index contributed by atoms with van der Waals surface area (Å²) in [6.45, 7) is 2.98. The number of aromatic nitrogens is 2. The third-order valence-corrected chi connectivity index (χ3v) is 5.44. The van der Waals surface area contributed by atoms with Crippen LogP contribution in [0.4, 0.5) is 19.0 Å². The van der Waals surface area contributed by atoms with Gasteiger partial charge in [0.15, 0.2) is 17.9 Å². The number of Topliss-reactive ketones (excluding diaryl/α,β-unsaturated/α-hetero) is 1. The van der Waals surface area contributed by atoms with Crippen LogP contribution in [0.5, 0.6) is 5.75 Å². The first-order valence-electron chi connectivity index (χ1n) is 10.3. The highest BCUT2D eigenvalue weighted by Crippen LogP contribution is 2.30. The number of alkyl halides is 3. The van der Waals surface area contributed by atoms with E-state index >= 15 is 0 Å². The van der Waals surface area contributed by atoms with E-state index < -0.39 is 11.9 Å². The van der Waals surface area contributed by atoms with Crippen molar-refractivity contribution in [2.45, 2.75) is 38.0 Å². The molecule has 1 aromatic carbocycles. The Bertz CT molecular complexity index is 1050. The number of ketones is 1. The van der Waals surface area contributed by atoms with Crippen molar-refractivity contribution in [3.63, 3.8) is 0 Å². The molecule has 1 aliphatic rings. The van der Waals surface area contributed by atoms with Crippen molar-refractivity contribution < 1.29 is 27.1 Å². The first kappa shape index (κ1) is 21.9. The van der Waals surface area contributed by atoms with Crippen molar-refractivity contribution in [1.29, 1.82) is 0 Å². The fourth-order valence-corrected chi connectivity index (χ4v) is 3.71. The normalized spacial score (nSPS) is 17.4. The second-order valence-electron chi connectivity index (χ2n) is 7.82. The molecule has 2 atom stereocenters. The lowest BCUT2D eigenvalue weighted by Gasteiger charge is -2.19. The van der Waals surface area contributed by atoms with Crippen LogP contribution in [0.3, 0.4) is 0 Å². The number of benzene rings is 1. The Hall–Kier alpha value is -3.36. The van der Waals surface area contributed by atoms with Gasteiger partial charge in [-0.05, 0) is 35.7 Å². The molecule has 3 aromatic rings. The molecule has 0 radical (unpaired) electrons. The molecule has 0 spiro atoms. The van der Waals surface area contributed by atoms with Gasteiger partial charge in [-0.3, -0.25) is 4.79 Å². The van der Waals surface area contributed by atoms with Crippen LogP contribution in [-0.4, -0.2) is 34.9 Å². The van der Waals surface area contributed by atoms with E-state index in [1.54, 1.807) is 11.0 Å². The first-order chi connectivity index (χ1) is 15.3. The van der Waals surface area contributed by atoms with E-state index in [-0.39, 0.29) is 23.6 Å². The second kappa shape index (κ2) is 9.02. The van der Waals surface area contributed by atoms with Crippen LogP contribution in [0.1, 0.15) is 47.5 Å². The molecule has 0 saturated carbocycles. The van der Waals surface area contributed by atoms with Crippen molar-refractivity contribution in [3.8, 4) is 5.75 Å². The van der Waals surface area contributed by atoms with Gasteiger partial charge in [0.2, 0.25) is 0 Å². The van der Waals surface area contributed by atoms with Crippen LogP contribution in [0.15, 0.2) is 59.5 Å². The lowest BCUT2D eigenvalue weighted by atomic mass is 9.95. The third-order valence-electron chi connectivity index (χ3n) is 5.44. The van der Waals surface area contributed by atoms with E-state index in [2.05, 4.69) is 9.97 Å². The molecule has 2 aromatic heterocycles. The molecule has 1 aliphatic heterocycles. The standard InChI is InChI=1S/C23H22F3N3O3/c1-15(11-19(30)20-12-27-14-31-20)16-5-7-17(8-6-16)32-18-9-10-29(13-18)22-4-2-3-21(28-22)23(24,25)26/h2-8,12,14-15,18H,9-11,13H2,1H3/t15-,18?/m1/s1. The summed E-state index contributed by atoms with van der Waals surface area (Å²) in [5, 5.41) is 0. The summed E-state index contributed by atoms with van der Waals surface area (Å²) in [6.07, 6.45) is -0.992. The van der Waals surface area contributed by atoms with Crippen molar-refractivity contribution >= 4 is 11.6 Å². The number of oxazole rings is 1. The SMILES string of the molecule is C[C@H](CC(=O)c1cnco1)c1ccc(OC2CCN(c3cccc(C(F)(F)F)n3)C2)cc1. The first-order valence-corrected chi connectivity index (χ1v) is 10.3. The predicted molar refractivity (Wildman–Crippen MR) is 111 cm³/mol. The van der Waals surface area contributed by atoms with Gasteiger partial charge in [-0.1, -0.05) is 25.1 Å². The van der Waals surface area contributed by atoms with E-state index in [4.69, 9.17) is 9.15 Å². The van der Waals surface area contributed by atoms with Crippen LogP contribution in [0.2, 0.25) is 0 Å². The fourth-order valence-electron chi connectivity index (χ4n) is 3.71. The van der Waals surface area contributed by atoms with Crippen molar-refractivity contribution in [3.05, 3.63) is 72.1 Å². The van der Waals surface area contributed by atoms with Crippen LogP contribution in [-0.2, 0) is 6.18 Å². The highest BCUT2D eigenvalue weighted by Gasteiger charge is 2.33. The number of anilines is 1. The molecule has 3 heterocycles. The molecule has 0 aliphatic carbocycles. The number of hydrogen-bond acceptors (Lipinski definition) is 6. The number of nitrogens with zero attached hydrogens (tertiary/aromatic N) is 3. The molecular formula is C23H22F3N3O3. The molecule has 1 unspecified atom stereocenters. The number of ether oxygens (including phenoxy) is 1. The van der Waals surface area contributed by atoms with Gasteiger partial charge in [-0.2, -0.15) is 13.2 Å². The molecular weight excluding hydrogens is 423 g/mol. The minimum atomic E-state index is -4.47. The molecule has 0 bridgehead atoms. The smallest absolute Gasteiger partial charge is 0.433 e.